The zero-order chi connectivity index (χ0) is 15.8. The smallest absolute Gasteiger partial charge is 0.410 e. The van der Waals surface area contributed by atoms with E-state index in [0.717, 1.165) is 5.56 Å². The van der Waals surface area contributed by atoms with E-state index in [2.05, 4.69) is 6.19 Å². The zero-order valence-corrected chi connectivity index (χ0v) is 12.8. The Balaban J connectivity index is 1.86. The highest BCUT2D eigenvalue weighted by atomic mass is 16.6. The summed E-state index contributed by atoms with van der Waals surface area (Å²) in [6, 6.07) is 9.46. The van der Waals surface area contributed by atoms with Crippen LogP contribution in [0.2, 0.25) is 0 Å². The van der Waals surface area contributed by atoms with Crippen LogP contribution in [0.3, 0.4) is 0 Å². The highest BCUT2D eigenvalue weighted by molar-refractivity contribution is 5.67. The SMILES string of the molecule is CCOCC1CN(C(=O)OCc2ccccc2)CCN1C#N. The minimum atomic E-state index is -0.344. The summed E-state index contributed by atoms with van der Waals surface area (Å²) in [5.41, 5.74) is 0.956. The average molecular weight is 303 g/mol. The number of amides is 1. The van der Waals surface area contributed by atoms with Gasteiger partial charge in [0.2, 0.25) is 0 Å². The molecule has 1 saturated heterocycles. The molecule has 1 atom stereocenters. The van der Waals surface area contributed by atoms with Gasteiger partial charge in [-0.15, -0.1) is 0 Å². The Morgan fingerprint density at radius 3 is 2.82 bits per heavy atom. The molecule has 0 saturated carbocycles. The summed E-state index contributed by atoms with van der Waals surface area (Å²) in [5, 5.41) is 9.12. The van der Waals surface area contributed by atoms with E-state index in [1.807, 2.05) is 37.3 Å². The molecule has 118 valence electrons. The quantitative estimate of drug-likeness (QED) is 0.776. The van der Waals surface area contributed by atoms with Crippen LogP contribution in [-0.4, -0.2) is 54.8 Å². The first-order valence-corrected chi connectivity index (χ1v) is 7.44. The molecule has 2 rings (SSSR count). The molecule has 0 N–H and O–H groups in total. The van der Waals surface area contributed by atoms with Crippen molar-refractivity contribution in [1.82, 2.24) is 9.80 Å². The summed E-state index contributed by atoms with van der Waals surface area (Å²) in [4.78, 5) is 15.4. The first kappa shape index (κ1) is 16.1. The molecule has 1 aliphatic heterocycles. The van der Waals surface area contributed by atoms with E-state index in [-0.39, 0.29) is 18.7 Å². The summed E-state index contributed by atoms with van der Waals surface area (Å²) >= 11 is 0. The van der Waals surface area contributed by atoms with Crippen molar-refractivity contribution >= 4 is 6.09 Å². The number of carbonyl (C=O) groups is 1. The number of hydrogen-bond donors (Lipinski definition) is 0. The molecular formula is C16H21N3O3. The minimum absolute atomic E-state index is 0.108. The van der Waals surface area contributed by atoms with Gasteiger partial charge in [0.15, 0.2) is 6.19 Å². The van der Waals surface area contributed by atoms with Crippen LogP contribution >= 0.6 is 0 Å². The second-order valence-corrected chi connectivity index (χ2v) is 5.09. The van der Waals surface area contributed by atoms with E-state index in [0.29, 0.717) is 32.8 Å². The monoisotopic (exact) mass is 303 g/mol. The Kier molecular flexibility index (Phi) is 6.04. The van der Waals surface area contributed by atoms with Crippen LogP contribution in [0.5, 0.6) is 0 Å². The van der Waals surface area contributed by atoms with Gasteiger partial charge in [0, 0.05) is 26.2 Å². The van der Waals surface area contributed by atoms with Crippen molar-refractivity contribution in [2.24, 2.45) is 0 Å². The molecule has 6 nitrogen and oxygen atoms in total. The highest BCUT2D eigenvalue weighted by Gasteiger charge is 2.29. The van der Waals surface area contributed by atoms with Crippen LogP contribution in [0.1, 0.15) is 12.5 Å². The number of carbonyl (C=O) groups excluding carboxylic acids is 1. The van der Waals surface area contributed by atoms with Gasteiger partial charge in [-0.05, 0) is 12.5 Å². The Hall–Kier alpha value is -2.26. The molecule has 0 radical (unpaired) electrons. The molecule has 0 aromatic heterocycles. The van der Waals surface area contributed by atoms with Crippen molar-refractivity contribution in [1.29, 1.82) is 5.26 Å². The van der Waals surface area contributed by atoms with E-state index in [9.17, 15) is 4.79 Å². The van der Waals surface area contributed by atoms with Gasteiger partial charge in [0.1, 0.15) is 6.61 Å². The zero-order valence-electron chi connectivity index (χ0n) is 12.8. The number of ether oxygens (including phenoxy) is 2. The van der Waals surface area contributed by atoms with Crippen LogP contribution in [0.4, 0.5) is 4.79 Å². The Morgan fingerprint density at radius 1 is 1.36 bits per heavy atom. The third-order valence-electron chi connectivity index (χ3n) is 3.59. The molecular weight excluding hydrogens is 282 g/mol. The molecule has 6 heteroatoms. The maximum absolute atomic E-state index is 12.1. The van der Waals surface area contributed by atoms with Crippen LogP contribution < -0.4 is 0 Å². The van der Waals surface area contributed by atoms with Crippen molar-refractivity contribution in [3.63, 3.8) is 0 Å². The Bertz CT molecular complexity index is 515. The van der Waals surface area contributed by atoms with Crippen LogP contribution in [0.25, 0.3) is 0 Å². The van der Waals surface area contributed by atoms with Crippen molar-refractivity contribution in [2.45, 2.75) is 19.6 Å². The van der Waals surface area contributed by atoms with Gasteiger partial charge in [-0.25, -0.2) is 4.79 Å². The fourth-order valence-electron chi connectivity index (χ4n) is 2.36. The Morgan fingerprint density at radius 2 is 2.14 bits per heavy atom. The van der Waals surface area contributed by atoms with E-state index in [1.54, 1.807) is 9.80 Å². The fraction of sp³-hybridized carbons (Fsp3) is 0.500. The standard InChI is InChI=1S/C16H21N3O3/c1-2-21-12-15-10-18(8-9-19(15)13-17)16(20)22-11-14-6-4-3-5-7-14/h3-7,15H,2,8-12H2,1H3. The lowest BCUT2D eigenvalue weighted by molar-refractivity contribution is 0.0297. The number of nitrogens with zero attached hydrogens (tertiary/aromatic N) is 3. The first-order valence-electron chi connectivity index (χ1n) is 7.44. The van der Waals surface area contributed by atoms with Crippen LogP contribution in [-0.2, 0) is 16.1 Å². The lowest BCUT2D eigenvalue weighted by Gasteiger charge is -2.37. The van der Waals surface area contributed by atoms with Crippen molar-refractivity contribution in [3.05, 3.63) is 35.9 Å². The average Bonchev–Trinajstić information content (AvgIpc) is 2.58. The maximum atomic E-state index is 12.1. The first-order chi connectivity index (χ1) is 10.7. The molecule has 1 aromatic carbocycles. The maximum Gasteiger partial charge on any atom is 0.410 e. The molecule has 0 aliphatic carbocycles. The van der Waals surface area contributed by atoms with Gasteiger partial charge in [0.05, 0.1) is 12.6 Å². The number of hydrogen-bond acceptors (Lipinski definition) is 5. The Labute approximate surface area is 130 Å². The molecule has 1 fully saturated rings. The number of piperazine rings is 1. The normalized spacial score (nSPS) is 17.9. The lowest BCUT2D eigenvalue weighted by atomic mass is 10.2. The van der Waals surface area contributed by atoms with E-state index >= 15 is 0 Å². The number of rotatable bonds is 5. The van der Waals surface area contributed by atoms with Crippen LogP contribution in [0, 0.1) is 11.5 Å². The molecule has 1 unspecified atom stereocenters. The van der Waals surface area contributed by atoms with Gasteiger partial charge in [0.25, 0.3) is 0 Å². The van der Waals surface area contributed by atoms with Gasteiger partial charge in [-0.3, -0.25) is 0 Å². The predicted octanol–water partition coefficient (Wildman–Crippen LogP) is 1.83. The second-order valence-electron chi connectivity index (χ2n) is 5.09. The molecule has 1 amide bonds. The highest BCUT2D eigenvalue weighted by Crippen LogP contribution is 2.12. The van der Waals surface area contributed by atoms with Crippen molar-refractivity contribution < 1.29 is 14.3 Å². The molecule has 22 heavy (non-hydrogen) atoms. The third kappa shape index (κ3) is 4.37. The molecule has 0 spiro atoms. The summed E-state index contributed by atoms with van der Waals surface area (Å²) in [6.07, 6.45) is 1.81. The predicted molar refractivity (Wildman–Crippen MR) is 80.8 cm³/mol. The van der Waals surface area contributed by atoms with Gasteiger partial charge in [-0.1, -0.05) is 30.3 Å². The summed E-state index contributed by atoms with van der Waals surface area (Å²) in [7, 11) is 0. The van der Waals surface area contributed by atoms with Crippen LogP contribution in [0.15, 0.2) is 30.3 Å². The summed E-state index contributed by atoms with van der Waals surface area (Å²) in [6.45, 7) is 4.64. The number of nitriles is 1. The molecule has 1 heterocycles. The number of benzene rings is 1. The van der Waals surface area contributed by atoms with E-state index in [1.165, 1.54) is 0 Å². The summed E-state index contributed by atoms with van der Waals surface area (Å²) in [5.74, 6) is 0. The lowest BCUT2D eigenvalue weighted by Crippen LogP contribution is -2.54. The van der Waals surface area contributed by atoms with Gasteiger partial charge >= 0.3 is 6.09 Å². The molecule has 0 bridgehead atoms. The second kappa shape index (κ2) is 8.25. The van der Waals surface area contributed by atoms with Crippen molar-refractivity contribution in [2.75, 3.05) is 32.8 Å². The topological polar surface area (TPSA) is 65.8 Å². The molecule has 1 aromatic rings. The largest absolute Gasteiger partial charge is 0.445 e. The van der Waals surface area contributed by atoms with E-state index < -0.39 is 0 Å². The van der Waals surface area contributed by atoms with Gasteiger partial charge in [-0.2, -0.15) is 5.26 Å². The third-order valence-corrected chi connectivity index (χ3v) is 3.59. The fourth-order valence-corrected chi connectivity index (χ4v) is 2.36. The van der Waals surface area contributed by atoms with E-state index in [4.69, 9.17) is 14.7 Å². The summed E-state index contributed by atoms with van der Waals surface area (Å²) < 4.78 is 10.7. The van der Waals surface area contributed by atoms with Gasteiger partial charge < -0.3 is 19.3 Å². The minimum Gasteiger partial charge on any atom is -0.445 e. The molecule has 1 aliphatic rings. The van der Waals surface area contributed by atoms with Crippen molar-refractivity contribution in [3.8, 4) is 6.19 Å².